The van der Waals surface area contributed by atoms with E-state index in [0.717, 1.165) is 39.3 Å². The zero-order chi connectivity index (χ0) is 38.8. The molecule has 2 heterocycles. The van der Waals surface area contributed by atoms with Gasteiger partial charge in [-0.3, -0.25) is 0 Å². The molecule has 3 nitrogen and oxygen atoms in total. The van der Waals surface area contributed by atoms with Crippen LogP contribution in [0.3, 0.4) is 0 Å². The molecular formula is C55H39N3. The Balaban J connectivity index is 1.10. The molecule has 0 aliphatic heterocycles. The van der Waals surface area contributed by atoms with Gasteiger partial charge in [0, 0.05) is 38.6 Å². The number of aromatic nitrogens is 3. The van der Waals surface area contributed by atoms with Crippen LogP contribution >= 0.6 is 0 Å². The molecule has 0 spiro atoms. The van der Waals surface area contributed by atoms with Crippen molar-refractivity contribution in [1.82, 2.24) is 14.5 Å². The van der Waals surface area contributed by atoms with Gasteiger partial charge >= 0.3 is 0 Å². The molecule has 58 heavy (non-hydrogen) atoms. The lowest BCUT2D eigenvalue weighted by molar-refractivity contribution is 0.660. The fraction of sp³-hybridized carbons (Fsp3) is 0.0545. The standard InChI is InChI=1S/C55H39N3/c1-55(2)47-26-13-12-24-44(47)45-33-38(28-30-48(45)55)39-29-31-51-46(34-39)53-43(25-15-27-52(53)58(51)42-22-10-5-11-23-42)40-20-14-21-41(32-40)54-56-49(36-16-6-3-7-17-36)35-50(57-54)37-18-8-4-9-19-37/h3-35H,1-2H3. The number of hydrogen-bond donors (Lipinski definition) is 0. The summed E-state index contributed by atoms with van der Waals surface area (Å²) in [5.41, 5.74) is 18.5. The van der Waals surface area contributed by atoms with E-state index in [9.17, 15) is 0 Å². The molecule has 0 saturated carbocycles. The molecule has 10 aromatic rings. The van der Waals surface area contributed by atoms with Crippen LogP contribution in [0.15, 0.2) is 200 Å². The molecule has 8 aromatic carbocycles. The van der Waals surface area contributed by atoms with E-state index in [4.69, 9.17) is 9.97 Å². The van der Waals surface area contributed by atoms with Crippen molar-refractivity contribution in [2.24, 2.45) is 0 Å². The van der Waals surface area contributed by atoms with Crippen LogP contribution in [0.1, 0.15) is 25.0 Å². The zero-order valence-electron chi connectivity index (χ0n) is 32.4. The molecule has 11 rings (SSSR count). The van der Waals surface area contributed by atoms with Gasteiger partial charge in [-0.15, -0.1) is 0 Å². The van der Waals surface area contributed by atoms with Crippen molar-refractivity contribution in [2.75, 3.05) is 0 Å². The highest BCUT2D eigenvalue weighted by Crippen LogP contribution is 2.50. The van der Waals surface area contributed by atoms with Crippen molar-refractivity contribution in [2.45, 2.75) is 19.3 Å². The smallest absolute Gasteiger partial charge is 0.160 e. The maximum absolute atomic E-state index is 5.17. The molecule has 274 valence electrons. The van der Waals surface area contributed by atoms with Crippen LogP contribution in [-0.2, 0) is 5.41 Å². The molecular weight excluding hydrogens is 703 g/mol. The third-order valence-corrected chi connectivity index (χ3v) is 12.0. The van der Waals surface area contributed by atoms with Gasteiger partial charge in [-0.1, -0.05) is 166 Å². The van der Waals surface area contributed by atoms with Crippen LogP contribution in [-0.4, -0.2) is 14.5 Å². The van der Waals surface area contributed by atoms with Crippen LogP contribution in [0.25, 0.3) is 94.8 Å². The fourth-order valence-corrected chi connectivity index (χ4v) is 9.16. The first-order valence-electron chi connectivity index (χ1n) is 20.0. The molecule has 2 aromatic heterocycles. The molecule has 0 fully saturated rings. The molecule has 1 aliphatic carbocycles. The first-order valence-corrected chi connectivity index (χ1v) is 20.0. The van der Waals surface area contributed by atoms with Crippen LogP contribution in [0.5, 0.6) is 0 Å². The highest BCUT2D eigenvalue weighted by atomic mass is 15.0. The summed E-state index contributed by atoms with van der Waals surface area (Å²) in [5, 5.41) is 2.43. The average molecular weight is 742 g/mol. The SMILES string of the molecule is CC1(C)c2ccccc2-c2cc(-c3ccc4c(c3)c3c(-c5cccc(-c6nc(-c7ccccc7)cc(-c7ccccc7)n6)c5)cccc3n4-c3ccccc3)ccc21. The van der Waals surface area contributed by atoms with Crippen LogP contribution in [0.4, 0.5) is 0 Å². The van der Waals surface area contributed by atoms with Crippen LogP contribution < -0.4 is 0 Å². The minimum Gasteiger partial charge on any atom is -0.309 e. The predicted molar refractivity (Wildman–Crippen MR) is 241 cm³/mol. The van der Waals surface area contributed by atoms with Gasteiger partial charge in [0.25, 0.3) is 0 Å². The Morgan fingerprint density at radius 3 is 1.69 bits per heavy atom. The van der Waals surface area contributed by atoms with Crippen LogP contribution in [0.2, 0.25) is 0 Å². The predicted octanol–water partition coefficient (Wildman–Crippen LogP) is 14.2. The molecule has 3 heteroatoms. The number of benzene rings is 8. The van der Waals surface area contributed by atoms with Crippen molar-refractivity contribution in [3.8, 4) is 73.0 Å². The van der Waals surface area contributed by atoms with Gasteiger partial charge in [0.1, 0.15) is 0 Å². The van der Waals surface area contributed by atoms with E-state index in [0.29, 0.717) is 5.82 Å². The molecule has 1 aliphatic rings. The Hall–Kier alpha value is -7.36. The molecule has 0 radical (unpaired) electrons. The second-order valence-electron chi connectivity index (χ2n) is 15.8. The largest absolute Gasteiger partial charge is 0.309 e. The number of rotatable bonds is 6. The van der Waals surface area contributed by atoms with Gasteiger partial charge in [0.15, 0.2) is 5.82 Å². The van der Waals surface area contributed by atoms with Crippen molar-refractivity contribution < 1.29 is 0 Å². The monoisotopic (exact) mass is 741 g/mol. The van der Waals surface area contributed by atoms with E-state index < -0.39 is 0 Å². The maximum Gasteiger partial charge on any atom is 0.160 e. The molecule has 0 amide bonds. The topological polar surface area (TPSA) is 30.7 Å². The summed E-state index contributed by atoms with van der Waals surface area (Å²) in [5.74, 6) is 0.699. The van der Waals surface area contributed by atoms with Crippen molar-refractivity contribution in [1.29, 1.82) is 0 Å². The Morgan fingerprint density at radius 2 is 0.948 bits per heavy atom. The number of hydrogen-bond acceptors (Lipinski definition) is 2. The molecule has 0 bridgehead atoms. The summed E-state index contributed by atoms with van der Waals surface area (Å²) >= 11 is 0. The van der Waals surface area contributed by atoms with E-state index in [1.165, 1.54) is 60.8 Å². The van der Waals surface area contributed by atoms with Gasteiger partial charge in [-0.25, -0.2) is 9.97 Å². The quantitative estimate of drug-likeness (QED) is 0.170. The summed E-state index contributed by atoms with van der Waals surface area (Å²) < 4.78 is 2.40. The minimum absolute atomic E-state index is 0.0298. The summed E-state index contributed by atoms with van der Waals surface area (Å²) in [6, 6.07) is 71.9. The van der Waals surface area contributed by atoms with Gasteiger partial charge in [-0.2, -0.15) is 0 Å². The third kappa shape index (κ3) is 5.50. The number of nitrogens with zero attached hydrogens (tertiary/aromatic N) is 3. The van der Waals surface area contributed by atoms with E-state index in [-0.39, 0.29) is 5.41 Å². The summed E-state index contributed by atoms with van der Waals surface area (Å²) in [4.78, 5) is 10.3. The maximum atomic E-state index is 5.17. The zero-order valence-corrected chi connectivity index (χ0v) is 32.4. The van der Waals surface area contributed by atoms with E-state index >= 15 is 0 Å². The van der Waals surface area contributed by atoms with Gasteiger partial charge in [-0.05, 0) is 93.0 Å². The second kappa shape index (κ2) is 13.4. The van der Waals surface area contributed by atoms with Gasteiger partial charge in [0.05, 0.1) is 22.4 Å². The molecule has 0 atom stereocenters. The van der Waals surface area contributed by atoms with Crippen LogP contribution in [0, 0.1) is 0 Å². The Labute approximate surface area is 338 Å². The van der Waals surface area contributed by atoms with Crippen molar-refractivity contribution >= 4 is 21.8 Å². The lowest BCUT2D eigenvalue weighted by Crippen LogP contribution is -2.14. The first kappa shape index (κ1) is 33.9. The van der Waals surface area contributed by atoms with Gasteiger partial charge in [0.2, 0.25) is 0 Å². The Kier molecular flexibility index (Phi) is 7.84. The molecule has 0 unspecified atom stereocenters. The number of para-hydroxylation sites is 1. The van der Waals surface area contributed by atoms with Crippen molar-refractivity contribution in [3.05, 3.63) is 211 Å². The highest BCUT2D eigenvalue weighted by molar-refractivity contribution is 6.16. The summed E-state index contributed by atoms with van der Waals surface area (Å²) in [7, 11) is 0. The second-order valence-corrected chi connectivity index (χ2v) is 15.8. The lowest BCUT2D eigenvalue weighted by Gasteiger charge is -2.21. The fourth-order valence-electron chi connectivity index (χ4n) is 9.16. The first-order chi connectivity index (χ1) is 28.5. The average Bonchev–Trinajstić information content (AvgIpc) is 3.75. The van der Waals surface area contributed by atoms with E-state index in [1.54, 1.807) is 0 Å². The highest BCUT2D eigenvalue weighted by Gasteiger charge is 2.35. The Bertz CT molecular complexity index is 3120. The minimum atomic E-state index is -0.0298. The summed E-state index contributed by atoms with van der Waals surface area (Å²) in [6.07, 6.45) is 0. The summed E-state index contributed by atoms with van der Waals surface area (Å²) in [6.45, 7) is 4.68. The molecule has 0 N–H and O–H groups in total. The molecule has 0 saturated heterocycles. The Morgan fingerprint density at radius 1 is 0.379 bits per heavy atom. The third-order valence-electron chi connectivity index (χ3n) is 12.0. The lowest BCUT2D eigenvalue weighted by atomic mass is 9.82. The van der Waals surface area contributed by atoms with Crippen molar-refractivity contribution in [3.63, 3.8) is 0 Å². The van der Waals surface area contributed by atoms with Gasteiger partial charge < -0.3 is 4.57 Å². The number of fused-ring (bicyclic) bond motifs is 6. The van der Waals surface area contributed by atoms with E-state index in [2.05, 4.69) is 206 Å². The van der Waals surface area contributed by atoms with E-state index in [1.807, 2.05) is 12.1 Å². The normalized spacial score (nSPS) is 12.8.